The molecule has 0 atom stereocenters. The minimum atomic E-state index is -0.750. The Morgan fingerprint density at radius 1 is 1.59 bits per heavy atom. The number of aromatic nitrogens is 2. The van der Waals surface area contributed by atoms with Gasteiger partial charge in [-0.15, -0.1) is 6.42 Å². The van der Waals surface area contributed by atoms with Crippen molar-refractivity contribution in [3.63, 3.8) is 0 Å². The maximum Gasteiger partial charge on any atom is 0.239 e. The first-order chi connectivity index (χ1) is 7.98. The number of terminal acetylenes is 1. The van der Waals surface area contributed by atoms with Gasteiger partial charge in [0.2, 0.25) is 11.8 Å². The van der Waals surface area contributed by atoms with Crippen LogP contribution in [0.4, 0.5) is 5.95 Å². The summed E-state index contributed by atoms with van der Waals surface area (Å²) in [4.78, 5) is 8.22. The summed E-state index contributed by atoms with van der Waals surface area (Å²) in [6, 6.07) is 0. The van der Waals surface area contributed by atoms with Crippen LogP contribution in [-0.2, 0) is 0 Å². The van der Waals surface area contributed by atoms with Crippen LogP contribution in [0.15, 0.2) is 6.20 Å². The maximum atomic E-state index is 5.95. The first-order valence-corrected chi connectivity index (χ1v) is 5.79. The average molecular weight is 254 g/mol. The minimum Gasteiger partial charge on any atom is -0.457 e. The molecular weight excluding hydrogens is 238 g/mol. The van der Waals surface area contributed by atoms with Gasteiger partial charge < -0.3 is 10.1 Å². The van der Waals surface area contributed by atoms with Crippen molar-refractivity contribution in [1.29, 1.82) is 0 Å². The van der Waals surface area contributed by atoms with Gasteiger partial charge in [-0.2, -0.15) is 4.98 Å². The topological polar surface area (TPSA) is 47.0 Å². The molecule has 0 aliphatic rings. The molecule has 0 bridgehead atoms. The van der Waals surface area contributed by atoms with Gasteiger partial charge in [0.25, 0.3) is 0 Å². The Morgan fingerprint density at radius 3 is 2.88 bits per heavy atom. The number of halogens is 1. The summed E-state index contributed by atoms with van der Waals surface area (Å²) in [5.41, 5.74) is -0.750. The van der Waals surface area contributed by atoms with E-state index in [1.807, 2.05) is 0 Å². The molecule has 1 rings (SSSR count). The molecule has 0 fully saturated rings. The highest BCUT2D eigenvalue weighted by atomic mass is 35.5. The van der Waals surface area contributed by atoms with Crippen LogP contribution in [-0.4, -0.2) is 22.1 Å². The van der Waals surface area contributed by atoms with E-state index in [0.717, 1.165) is 13.0 Å². The lowest BCUT2D eigenvalue weighted by Gasteiger charge is -2.20. The molecule has 0 aliphatic heterocycles. The Bertz CT molecular complexity index is 426. The molecule has 1 aromatic heterocycles. The summed E-state index contributed by atoms with van der Waals surface area (Å²) in [5, 5.41) is 3.40. The van der Waals surface area contributed by atoms with Gasteiger partial charge in [0.05, 0.1) is 6.20 Å². The fraction of sp³-hybridized carbons (Fsp3) is 0.500. The average Bonchev–Trinajstić information content (AvgIpc) is 2.30. The van der Waals surface area contributed by atoms with Crippen LogP contribution in [0, 0.1) is 12.3 Å². The number of nitrogens with zero attached hydrogens (tertiary/aromatic N) is 2. The first kappa shape index (κ1) is 13.6. The highest BCUT2D eigenvalue weighted by Gasteiger charge is 2.19. The quantitative estimate of drug-likeness (QED) is 0.820. The smallest absolute Gasteiger partial charge is 0.239 e. The van der Waals surface area contributed by atoms with Crippen LogP contribution >= 0.6 is 11.6 Å². The van der Waals surface area contributed by atoms with Gasteiger partial charge in [0.1, 0.15) is 5.02 Å². The van der Waals surface area contributed by atoms with Gasteiger partial charge in [0, 0.05) is 6.54 Å². The summed E-state index contributed by atoms with van der Waals surface area (Å²) < 4.78 is 5.54. The highest BCUT2D eigenvalue weighted by Crippen LogP contribution is 2.25. The van der Waals surface area contributed by atoms with E-state index < -0.39 is 5.60 Å². The van der Waals surface area contributed by atoms with Gasteiger partial charge in [-0.1, -0.05) is 24.4 Å². The molecule has 1 aromatic rings. The number of rotatable bonds is 5. The zero-order valence-electron chi connectivity index (χ0n) is 10.2. The van der Waals surface area contributed by atoms with E-state index in [2.05, 4.69) is 28.1 Å². The molecule has 0 radical (unpaired) electrons. The molecule has 0 spiro atoms. The molecule has 17 heavy (non-hydrogen) atoms. The van der Waals surface area contributed by atoms with Crippen LogP contribution in [0.3, 0.4) is 0 Å². The molecule has 4 nitrogen and oxygen atoms in total. The Morgan fingerprint density at radius 2 is 2.29 bits per heavy atom. The highest BCUT2D eigenvalue weighted by molar-refractivity contribution is 6.31. The Kier molecular flexibility index (Phi) is 4.59. The van der Waals surface area contributed by atoms with Crippen LogP contribution in [0.2, 0.25) is 5.02 Å². The second kappa shape index (κ2) is 5.74. The van der Waals surface area contributed by atoms with E-state index in [-0.39, 0.29) is 0 Å². The molecule has 5 heteroatoms. The fourth-order valence-electron chi connectivity index (χ4n) is 1.02. The van der Waals surface area contributed by atoms with Gasteiger partial charge in [-0.25, -0.2) is 4.98 Å². The molecule has 0 saturated carbocycles. The van der Waals surface area contributed by atoms with E-state index in [1.54, 1.807) is 13.8 Å². The minimum absolute atomic E-state index is 0.295. The van der Waals surface area contributed by atoms with Crippen LogP contribution in [0.25, 0.3) is 0 Å². The standard InChI is InChI=1S/C12H16ClN3O/c1-5-7-14-11-15-8-9(13)10(16-11)17-12(3,4)6-2/h2,8H,5,7H2,1,3-4H3,(H,14,15,16). The van der Waals surface area contributed by atoms with Crippen molar-refractivity contribution in [2.75, 3.05) is 11.9 Å². The second-order valence-electron chi connectivity index (χ2n) is 4.03. The van der Waals surface area contributed by atoms with Gasteiger partial charge in [-0.3, -0.25) is 0 Å². The second-order valence-corrected chi connectivity index (χ2v) is 4.44. The Labute approximate surface area is 107 Å². The fourth-order valence-corrected chi connectivity index (χ4v) is 1.15. The number of hydrogen-bond donors (Lipinski definition) is 1. The van der Waals surface area contributed by atoms with Crippen molar-refractivity contribution < 1.29 is 4.74 Å². The lowest BCUT2D eigenvalue weighted by molar-refractivity contribution is 0.165. The van der Waals surface area contributed by atoms with Gasteiger partial charge >= 0.3 is 0 Å². The number of ether oxygens (including phenoxy) is 1. The zero-order valence-corrected chi connectivity index (χ0v) is 11.0. The molecular formula is C12H16ClN3O. The largest absolute Gasteiger partial charge is 0.457 e. The summed E-state index contributed by atoms with van der Waals surface area (Å²) >= 11 is 5.95. The Balaban J connectivity index is 2.88. The molecule has 92 valence electrons. The lowest BCUT2D eigenvalue weighted by Crippen LogP contribution is -2.26. The van der Waals surface area contributed by atoms with Crippen molar-refractivity contribution >= 4 is 17.5 Å². The molecule has 1 heterocycles. The monoisotopic (exact) mass is 253 g/mol. The molecule has 0 amide bonds. The first-order valence-electron chi connectivity index (χ1n) is 5.41. The van der Waals surface area contributed by atoms with E-state index in [9.17, 15) is 0 Å². The third-order valence-electron chi connectivity index (χ3n) is 1.94. The summed E-state index contributed by atoms with van der Waals surface area (Å²) in [5.74, 6) is 3.30. The van der Waals surface area contributed by atoms with Crippen molar-refractivity contribution in [3.05, 3.63) is 11.2 Å². The molecule has 0 saturated heterocycles. The molecule has 0 unspecified atom stereocenters. The van der Waals surface area contributed by atoms with Crippen molar-refractivity contribution in [3.8, 4) is 18.2 Å². The number of nitrogens with one attached hydrogen (secondary N) is 1. The zero-order chi connectivity index (χ0) is 12.9. The molecule has 0 aliphatic carbocycles. The van der Waals surface area contributed by atoms with Crippen molar-refractivity contribution in [1.82, 2.24) is 9.97 Å². The molecule has 1 N–H and O–H groups in total. The van der Waals surface area contributed by atoms with Crippen LogP contribution in [0.1, 0.15) is 27.2 Å². The summed E-state index contributed by atoms with van der Waals surface area (Å²) in [6.07, 6.45) is 7.82. The van der Waals surface area contributed by atoms with Gasteiger partial charge in [-0.05, 0) is 20.3 Å². The van der Waals surface area contributed by atoms with E-state index in [4.69, 9.17) is 22.8 Å². The third-order valence-corrected chi connectivity index (χ3v) is 2.20. The Hall–Kier alpha value is -1.47. The van der Waals surface area contributed by atoms with Crippen molar-refractivity contribution in [2.24, 2.45) is 0 Å². The normalized spacial score (nSPS) is 10.8. The maximum absolute atomic E-state index is 5.95. The summed E-state index contributed by atoms with van der Waals surface area (Å²) in [6.45, 7) is 6.39. The van der Waals surface area contributed by atoms with Crippen LogP contribution < -0.4 is 10.1 Å². The molecule has 0 aromatic carbocycles. The van der Waals surface area contributed by atoms with E-state index >= 15 is 0 Å². The van der Waals surface area contributed by atoms with E-state index in [1.165, 1.54) is 6.20 Å². The predicted octanol–water partition coefficient (Wildman–Crippen LogP) is 2.74. The predicted molar refractivity (Wildman–Crippen MR) is 69.4 cm³/mol. The summed E-state index contributed by atoms with van der Waals surface area (Å²) in [7, 11) is 0. The number of hydrogen-bond acceptors (Lipinski definition) is 4. The third kappa shape index (κ3) is 4.12. The SMILES string of the molecule is C#CC(C)(C)Oc1nc(NCCC)ncc1Cl. The van der Waals surface area contributed by atoms with Crippen molar-refractivity contribution in [2.45, 2.75) is 32.8 Å². The van der Waals surface area contributed by atoms with Gasteiger partial charge in [0.15, 0.2) is 5.60 Å². The number of anilines is 1. The van der Waals surface area contributed by atoms with E-state index in [0.29, 0.717) is 16.9 Å². The van der Waals surface area contributed by atoms with Crippen LogP contribution in [0.5, 0.6) is 5.88 Å². The lowest BCUT2D eigenvalue weighted by atomic mass is 10.1.